The summed E-state index contributed by atoms with van der Waals surface area (Å²) in [5.74, 6) is 2.05. The van der Waals surface area contributed by atoms with Crippen LogP contribution in [-0.4, -0.2) is 11.7 Å². The van der Waals surface area contributed by atoms with Crippen molar-refractivity contribution in [3.8, 4) is 11.5 Å². The van der Waals surface area contributed by atoms with E-state index < -0.39 is 0 Å². The highest BCUT2D eigenvalue weighted by Crippen LogP contribution is 2.51. The van der Waals surface area contributed by atoms with Crippen molar-refractivity contribution >= 4 is 5.69 Å². The molecule has 1 heterocycles. The second-order valence-electron chi connectivity index (χ2n) is 8.22. The monoisotopic (exact) mass is 397 g/mol. The molecule has 5 rings (SSSR count). The van der Waals surface area contributed by atoms with E-state index in [1.54, 1.807) is 6.07 Å². The first-order valence-corrected chi connectivity index (χ1v) is 10.8. The highest BCUT2D eigenvalue weighted by Gasteiger charge is 2.38. The molecule has 0 amide bonds. The van der Waals surface area contributed by atoms with Gasteiger partial charge in [-0.3, -0.25) is 0 Å². The van der Waals surface area contributed by atoms with Crippen molar-refractivity contribution in [2.24, 2.45) is 5.92 Å². The van der Waals surface area contributed by atoms with Crippen molar-refractivity contribution in [1.82, 2.24) is 0 Å². The maximum atomic E-state index is 10.4. The molecule has 0 radical (unpaired) electrons. The number of benzene rings is 3. The van der Waals surface area contributed by atoms with Crippen LogP contribution in [0.4, 0.5) is 5.69 Å². The largest absolute Gasteiger partial charge is 0.508 e. The first-order chi connectivity index (χ1) is 14.8. The van der Waals surface area contributed by atoms with E-state index in [-0.39, 0.29) is 6.04 Å². The number of rotatable bonds is 6. The van der Waals surface area contributed by atoms with E-state index in [0.29, 0.717) is 24.2 Å². The normalized spacial score (nSPS) is 21.5. The molecule has 3 unspecified atom stereocenters. The van der Waals surface area contributed by atoms with Crippen molar-refractivity contribution in [2.45, 2.75) is 31.2 Å². The predicted molar refractivity (Wildman–Crippen MR) is 121 cm³/mol. The number of phenolic OH excluding ortho intramolecular Hbond substituents is 1. The van der Waals surface area contributed by atoms with Crippen LogP contribution in [0.3, 0.4) is 0 Å². The topological polar surface area (TPSA) is 41.5 Å². The summed E-state index contributed by atoms with van der Waals surface area (Å²) >= 11 is 0. The van der Waals surface area contributed by atoms with Crippen molar-refractivity contribution in [3.05, 3.63) is 102 Å². The number of hydrogen-bond acceptors (Lipinski definition) is 3. The molecule has 0 aromatic heterocycles. The quantitative estimate of drug-likeness (QED) is 0.383. The van der Waals surface area contributed by atoms with Gasteiger partial charge in [0, 0.05) is 17.2 Å². The fourth-order valence-corrected chi connectivity index (χ4v) is 4.83. The number of fused-ring (bicyclic) bond motifs is 3. The molecule has 0 saturated heterocycles. The second-order valence-corrected chi connectivity index (χ2v) is 8.22. The van der Waals surface area contributed by atoms with Gasteiger partial charge >= 0.3 is 0 Å². The summed E-state index contributed by atoms with van der Waals surface area (Å²) in [6.45, 7) is 0.714. The van der Waals surface area contributed by atoms with Crippen LogP contribution in [0.25, 0.3) is 0 Å². The molecule has 2 aliphatic rings. The third kappa shape index (κ3) is 3.68. The van der Waals surface area contributed by atoms with Crippen LogP contribution in [0.15, 0.2) is 84.9 Å². The van der Waals surface area contributed by atoms with Crippen molar-refractivity contribution in [1.29, 1.82) is 0 Å². The first kappa shape index (κ1) is 18.8. The molecule has 3 aromatic rings. The lowest BCUT2D eigenvalue weighted by atomic mass is 9.77. The number of ether oxygens (including phenoxy) is 1. The summed E-state index contributed by atoms with van der Waals surface area (Å²) in [4.78, 5) is 0. The minimum atomic E-state index is 0.108. The molecule has 0 bridgehead atoms. The van der Waals surface area contributed by atoms with Gasteiger partial charge in [0.1, 0.15) is 11.5 Å². The Morgan fingerprint density at radius 2 is 1.77 bits per heavy atom. The van der Waals surface area contributed by atoms with Gasteiger partial charge in [0.2, 0.25) is 0 Å². The molecular weight excluding hydrogens is 370 g/mol. The highest BCUT2D eigenvalue weighted by atomic mass is 16.5. The van der Waals surface area contributed by atoms with E-state index in [9.17, 15) is 5.11 Å². The Labute approximate surface area is 178 Å². The minimum absolute atomic E-state index is 0.108. The second kappa shape index (κ2) is 8.27. The Morgan fingerprint density at radius 1 is 0.933 bits per heavy atom. The number of anilines is 1. The number of aryl methyl sites for hydroxylation is 1. The Bertz CT molecular complexity index is 1040. The third-order valence-electron chi connectivity index (χ3n) is 6.33. The van der Waals surface area contributed by atoms with E-state index >= 15 is 0 Å². The zero-order valence-corrected chi connectivity index (χ0v) is 17.0. The van der Waals surface area contributed by atoms with Crippen LogP contribution in [-0.2, 0) is 6.42 Å². The molecule has 1 aliphatic heterocycles. The molecule has 0 fully saturated rings. The molecule has 3 nitrogen and oxygen atoms in total. The number of nitrogens with one attached hydrogen (secondary N) is 1. The van der Waals surface area contributed by atoms with Crippen molar-refractivity contribution in [2.75, 3.05) is 11.9 Å². The first-order valence-electron chi connectivity index (χ1n) is 10.8. The van der Waals surface area contributed by atoms with E-state index in [4.69, 9.17) is 4.74 Å². The molecule has 0 saturated carbocycles. The molecule has 3 heteroatoms. The van der Waals surface area contributed by atoms with Crippen LogP contribution in [0.5, 0.6) is 11.5 Å². The Morgan fingerprint density at radius 3 is 2.63 bits per heavy atom. The van der Waals surface area contributed by atoms with Gasteiger partial charge < -0.3 is 15.2 Å². The molecule has 30 heavy (non-hydrogen) atoms. The maximum absolute atomic E-state index is 10.4. The van der Waals surface area contributed by atoms with Crippen molar-refractivity contribution < 1.29 is 9.84 Å². The number of aromatic hydroxyl groups is 1. The maximum Gasteiger partial charge on any atom is 0.120 e. The summed E-state index contributed by atoms with van der Waals surface area (Å²) in [7, 11) is 0. The van der Waals surface area contributed by atoms with Gasteiger partial charge in [-0.05, 0) is 60.6 Å². The van der Waals surface area contributed by atoms with Gasteiger partial charge in [-0.15, -0.1) is 0 Å². The average molecular weight is 398 g/mol. The van der Waals surface area contributed by atoms with E-state index in [1.165, 1.54) is 11.1 Å². The molecule has 2 N–H and O–H groups in total. The van der Waals surface area contributed by atoms with Gasteiger partial charge in [-0.1, -0.05) is 60.7 Å². The fourth-order valence-electron chi connectivity index (χ4n) is 4.83. The minimum Gasteiger partial charge on any atom is -0.508 e. The average Bonchev–Trinajstić information content (AvgIpc) is 3.28. The molecule has 0 spiro atoms. The molecule has 1 aliphatic carbocycles. The van der Waals surface area contributed by atoms with Gasteiger partial charge in [-0.25, -0.2) is 0 Å². The number of hydrogen-bond donors (Lipinski definition) is 2. The number of para-hydroxylation sites is 1. The fraction of sp³-hybridized carbons (Fsp3) is 0.259. The molecule has 152 valence electrons. The van der Waals surface area contributed by atoms with Gasteiger partial charge in [-0.2, -0.15) is 0 Å². The molecule has 3 atom stereocenters. The Balaban J connectivity index is 1.30. The van der Waals surface area contributed by atoms with Gasteiger partial charge in [0.25, 0.3) is 0 Å². The van der Waals surface area contributed by atoms with Crippen LogP contribution < -0.4 is 10.1 Å². The van der Waals surface area contributed by atoms with Crippen LogP contribution in [0.2, 0.25) is 0 Å². The Kier molecular flexibility index (Phi) is 5.18. The van der Waals surface area contributed by atoms with Crippen LogP contribution >= 0.6 is 0 Å². The number of allylic oxidation sites excluding steroid dienone is 2. The summed E-state index contributed by atoms with van der Waals surface area (Å²) in [5, 5.41) is 14.1. The highest BCUT2D eigenvalue weighted by molar-refractivity contribution is 5.62. The van der Waals surface area contributed by atoms with Gasteiger partial charge in [0.05, 0.1) is 12.6 Å². The van der Waals surface area contributed by atoms with Crippen LogP contribution in [0.1, 0.15) is 41.5 Å². The van der Waals surface area contributed by atoms with Gasteiger partial charge in [0.15, 0.2) is 0 Å². The Hall–Kier alpha value is -3.20. The number of phenols is 1. The lowest BCUT2D eigenvalue weighted by molar-refractivity contribution is 0.310. The SMILES string of the molecule is Oc1ccccc1C1Nc2ccc(OCCCc3ccccc3)cc2C2C=CCC21. The predicted octanol–water partition coefficient (Wildman–Crippen LogP) is 6.23. The zero-order chi connectivity index (χ0) is 20.3. The van der Waals surface area contributed by atoms with E-state index in [2.05, 4.69) is 66.0 Å². The zero-order valence-electron chi connectivity index (χ0n) is 17.0. The lowest BCUT2D eigenvalue weighted by Crippen LogP contribution is -2.29. The van der Waals surface area contributed by atoms with Crippen molar-refractivity contribution in [3.63, 3.8) is 0 Å². The summed E-state index contributed by atoms with van der Waals surface area (Å²) in [6.07, 6.45) is 7.63. The summed E-state index contributed by atoms with van der Waals surface area (Å²) in [6, 6.07) is 24.7. The van der Waals surface area contributed by atoms with Crippen LogP contribution in [0, 0.1) is 5.92 Å². The lowest BCUT2D eigenvalue weighted by Gasteiger charge is -2.37. The van der Waals surface area contributed by atoms with E-state index in [1.807, 2.05) is 18.2 Å². The summed E-state index contributed by atoms with van der Waals surface area (Å²) < 4.78 is 6.08. The third-order valence-corrected chi connectivity index (χ3v) is 6.33. The standard InChI is InChI=1S/C27H27NO2/c29-26-14-5-4-11-23(26)27-22-13-6-12-21(22)24-18-20(15-16-25(24)28-27)30-17-7-10-19-8-2-1-3-9-19/h1-6,8-9,11-12,14-16,18,21-22,27-29H,7,10,13,17H2. The molecule has 3 aromatic carbocycles. The van der Waals surface area contributed by atoms with E-state index in [0.717, 1.165) is 36.3 Å². The smallest absolute Gasteiger partial charge is 0.120 e. The molecular formula is C27H27NO2. The summed E-state index contributed by atoms with van der Waals surface area (Å²) in [5.41, 5.74) is 4.75.